The lowest BCUT2D eigenvalue weighted by Crippen LogP contribution is -2.49. The molecule has 3 aromatic rings. The van der Waals surface area contributed by atoms with Gasteiger partial charge in [0.25, 0.3) is 5.91 Å². The van der Waals surface area contributed by atoms with Crippen molar-refractivity contribution in [3.05, 3.63) is 78.1 Å². The number of carbonyl (C=O) groups is 3. The number of nitrogens with zero attached hydrogens (tertiary/aromatic N) is 3. The quantitative estimate of drug-likeness (QED) is 0.150. The first-order valence-electron chi connectivity index (χ1n) is 15.9. The highest BCUT2D eigenvalue weighted by Crippen LogP contribution is 2.35. The van der Waals surface area contributed by atoms with E-state index in [2.05, 4.69) is 20.5 Å². The molecule has 0 aliphatic carbocycles. The Morgan fingerprint density at radius 2 is 1.67 bits per heavy atom. The molecule has 0 saturated carbocycles. The van der Waals surface area contributed by atoms with Crippen LogP contribution >= 0.6 is 0 Å². The second-order valence-corrected chi connectivity index (χ2v) is 12.1. The number of aromatic nitrogens is 1. The molecule has 0 saturated heterocycles. The van der Waals surface area contributed by atoms with Crippen molar-refractivity contribution in [2.45, 2.75) is 64.6 Å². The number of hydrogen-bond acceptors (Lipinski definition) is 8. The molecule has 46 heavy (non-hydrogen) atoms. The fourth-order valence-electron chi connectivity index (χ4n) is 5.52. The number of nitrogens with one attached hydrogen (secondary N) is 2. The second kappa shape index (κ2) is 16.7. The van der Waals surface area contributed by atoms with Crippen LogP contribution in [-0.2, 0) is 16.1 Å². The number of rotatable bonds is 14. The fraction of sp³-hybridized carbons (Fsp3) is 0.429. The summed E-state index contributed by atoms with van der Waals surface area (Å²) in [4.78, 5) is 47.0. The minimum atomic E-state index is -0.388. The zero-order valence-electron chi connectivity index (χ0n) is 26.9. The van der Waals surface area contributed by atoms with E-state index in [1.807, 2.05) is 45.2 Å². The molecule has 0 spiro atoms. The smallest absolute Gasteiger partial charge is 0.258 e. The van der Waals surface area contributed by atoms with Crippen molar-refractivity contribution in [1.82, 2.24) is 14.8 Å². The molecule has 0 bridgehead atoms. The van der Waals surface area contributed by atoms with Gasteiger partial charge in [0.2, 0.25) is 11.8 Å². The highest BCUT2D eigenvalue weighted by atomic mass is 16.5. The molecule has 0 fully saturated rings. The zero-order valence-corrected chi connectivity index (χ0v) is 26.9. The molecule has 1 aliphatic heterocycles. The van der Waals surface area contributed by atoms with Crippen molar-refractivity contribution in [1.29, 1.82) is 0 Å². The van der Waals surface area contributed by atoms with Crippen molar-refractivity contribution >= 4 is 34.8 Å². The van der Waals surface area contributed by atoms with Crippen molar-refractivity contribution in [3.63, 3.8) is 0 Å². The Balaban J connectivity index is 1.41. The summed E-state index contributed by atoms with van der Waals surface area (Å²) in [6, 6.07) is 15.8. The number of amides is 3. The fourth-order valence-corrected chi connectivity index (χ4v) is 5.52. The van der Waals surface area contributed by atoms with E-state index in [1.165, 1.54) is 0 Å². The predicted octanol–water partition coefficient (Wildman–Crippen LogP) is 4.54. The molecule has 2 aromatic carbocycles. The lowest BCUT2D eigenvalue weighted by atomic mass is 9.98. The monoisotopic (exact) mass is 630 g/mol. The molecule has 4 rings (SSSR count). The summed E-state index contributed by atoms with van der Waals surface area (Å²) in [5.41, 5.74) is 8.90. The number of nitrogens with two attached hydrogens (primary N) is 1. The zero-order chi connectivity index (χ0) is 33.1. The maximum Gasteiger partial charge on any atom is 0.258 e. The Morgan fingerprint density at radius 1 is 1.02 bits per heavy atom. The number of pyridine rings is 1. The molecule has 1 aromatic heterocycles. The molecule has 1 aliphatic rings. The van der Waals surface area contributed by atoms with Crippen LogP contribution in [0.5, 0.6) is 5.75 Å². The van der Waals surface area contributed by atoms with Gasteiger partial charge in [-0.05, 0) is 68.8 Å². The van der Waals surface area contributed by atoms with E-state index in [0.717, 1.165) is 5.56 Å². The van der Waals surface area contributed by atoms with E-state index in [1.54, 1.807) is 47.6 Å². The third kappa shape index (κ3) is 9.51. The Labute approximate surface area is 271 Å². The number of para-hydroxylation sites is 3. The minimum Gasteiger partial charge on any atom is -0.486 e. The van der Waals surface area contributed by atoms with E-state index < -0.39 is 0 Å². The SMILES string of the molecule is C[C@@H]1CN([C@H](C)CO)C(=O)c2cccc(NC(=O)CCCCCC(=O)Nc3ccccc3N)c2O[C@H]1CN(C)Cc1ccncc1. The van der Waals surface area contributed by atoms with Crippen LogP contribution in [0.15, 0.2) is 67.0 Å². The Hall–Kier alpha value is -4.48. The average molecular weight is 631 g/mol. The summed E-state index contributed by atoms with van der Waals surface area (Å²) >= 11 is 0. The Morgan fingerprint density at radius 3 is 2.35 bits per heavy atom. The number of aliphatic hydroxyl groups is 1. The van der Waals surface area contributed by atoms with Crippen LogP contribution in [0.1, 0.15) is 61.9 Å². The first kappa shape index (κ1) is 34.4. The number of fused-ring (bicyclic) bond motifs is 1. The summed E-state index contributed by atoms with van der Waals surface area (Å²) in [7, 11) is 2.02. The molecule has 3 amide bonds. The summed E-state index contributed by atoms with van der Waals surface area (Å²) in [6.07, 6.45) is 5.75. The first-order chi connectivity index (χ1) is 22.2. The summed E-state index contributed by atoms with van der Waals surface area (Å²) < 4.78 is 6.62. The van der Waals surface area contributed by atoms with E-state index in [-0.39, 0.29) is 48.8 Å². The van der Waals surface area contributed by atoms with Crippen LogP contribution in [-0.4, -0.2) is 76.5 Å². The van der Waals surface area contributed by atoms with E-state index in [0.29, 0.717) is 73.7 Å². The van der Waals surface area contributed by atoms with Crippen molar-refractivity contribution in [2.24, 2.45) is 5.92 Å². The van der Waals surface area contributed by atoms with Crippen LogP contribution in [0.2, 0.25) is 0 Å². The standard InChI is InChI=1S/C35H46N6O5/c1-24-20-41(25(2)23-42)35(45)27-10-9-13-30(34(27)46-31(24)22-40(3)21-26-16-18-37-19-17-26)39-33(44)15-6-4-5-14-32(43)38-29-12-8-7-11-28(29)36/h7-13,16-19,24-25,31,42H,4-6,14-15,20-23,36H2,1-3H3,(H,38,43)(H,39,44)/t24-,25-,31+/m1/s1. The van der Waals surface area contributed by atoms with Gasteiger partial charge in [0, 0.05) is 50.8 Å². The molecule has 11 nitrogen and oxygen atoms in total. The van der Waals surface area contributed by atoms with Gasteiger partial charge in [-0.15, -0.1) is 0 Å². The van der Waals surface area contributed by atoms with Gasteiger partial charge < -0.3 is 31.1 Å². The van der Waals surface area contributed by atoms with Gasteiger partial charge in [-0.3, -0.25) is 24.3 Å². The number of aliphatic hydroxyl groups excluding tert-OH is 1. The average Bonchev–Trinajstić information content (AvgIpc) is 3.04. The van der Waals surface area contributed by atoms with Crippen molar-refractivity contribution < 1.29 is 24.2 Å². The molecule has 3 atom stereocenters. The maximum absolute atomic E-state index is 13.7. The Bertz CT molecular complexity index is 1470. The number of unbranched alkanes of at least 4 members (excludes halogenated alkanes) is 2. The molecule has 0 unspecified atom stereocenters. The molecule has 11 heteroatoms. The summed E-state index contributed by atoms with van der Waals surface area (Å²) in [6.45, 7) is 5.38. The molecular formula is C35H46N6O5. The number of anilines is 3. The second-order valence-electron chi connectivity index (χ2n) is 12.1. The van der Waals surface area contributed by atoms with Crippen LogP contribution < -0.4 is 21.1 Å². The number of hydrogen-bond donors (Lipinski definition) is 4. The normalized spacial score (nSPS) is 17.0. The summed E-state index contributed by atoms with van der Waals surface area (Å²) in [5, 5.41) is 15.7. The topological polar surface area (TPSA) is 150 Å². The third-order valence-electron chi connectivity index (χ3n) is 8.20. The highest BCUT2D eigenvalue weighted by Gasteiger charge is 2.34. The van der Waals surface area contributed by atoms with Gasteiger partial charge in [-0.25, -0.2) is 0 Å². The number of likely N-dealkylation sites (N-methyl/N-ethyl adjacent to an activating group) is 1. The third-order valence-corrected chi connectivity index (χ3v) is 8.20. The van der Waals surface area contributed by atoms with Crippen molar-refractivity contribution in [2.75, 3.05) is 43.1 Å². The van der Waals surface area contributed by atoms with Gasteiger partial charge in [-0.1, -0.05) is 31.5 Å². The molecule has 2 heterocycles. The van der Waals surface area contributed by atoms with Crippen LogP contribution in [0.4, 0.5) is 17.1 Å². The predicted molar refractivity (Wildman–Crippen MR) is 179 cm³/mol. The van der Waals surface area contributed by atoms with Gasteiger partial charge in [0.05, 0.1) is 35.3 Å². The number of ether oxygens (including phenoxy) is 1. The largest absolute Gasteiger partial charge is 0.486 e. The number of nitrogen functional groups attached to an aromatic ring is 1. The Kier molecular flexibility index (Phi) is 12.5. The highest BCUT2D eigenvalue weighted by molar-refractivity contribution is 6.01. The van der Waals surface area contributed by atoms with Gasteiger partial charge >= 0.3 is 0 Å². The van der Waals surface area contributed by atoms with Crippen LogP contribution in [0.25, 0.3) is 0 Å². The maximum atomic E-state index is 13.7. The number of benzene rings is 2. The van der Waals surface area contributed by atoms with Crippen molar-refractivity contribution in [3.8, 4) is 5.75 Å². The number of carbonyl (C=O) groups excluding carboxylic acids is 3. The minimum absolute atomic E-state index is 0.0646. The van der Waals surface area contributed by atoms with E-state index in [4.69, 9.17) is 10.5 Å². The van der Waals surface area contributed by atoms with E-state index in [9.17, 15) is 19.5 Å². The molecule has 0 radical (unpaired) electrons. The first-order valence-corrected chi connectivity index (χ1v) is 15.9. The lowest BCUT2D eigenvalue weighted by Gasteiger charge is -2.38. The molecular weight excluding hydrogens is 584 g/mol. The van der Waals surface area contributed by atoms with Crippen LogP contribution in [0.3, 0.4) is 0 Å². The van der Waals surface area contributed by atoms with Gasteiger partial charge in [-0.2, -0.15) is 0 Å². The lowest BCUT2D eigenvalue weighted by molar-refractivity contribution is -0.116. The molecule has 5 N–H and O–H groups in total. The molecule has 246 valence electrons. The van der Waals surface area contributed by atoms with E-state index >= 15 is 0 Å². The summed E-state index contributed by atoms with van der Waals surface area (Å²) in [5.74, 6) is -0.301. The van der Waals surface area contributed by atoms with Gasteiger partial charge in [0.15, 0.2) is 5.75 Å². The van der Waals surface area contributed by atoms with Crippen LogP contribution in [0, 0.1) is 5.92 Å². The van der Waals surface area contributed by atoms with Gasteiger partial charge in [0.1, 0.15) is 6.10 Å².